The zero-order valence-electron chi connectivity index (χ0n) is 31.6. The number of hydrogen-bond donors (Lipinski definition) is 0. The van der Waals surface area contributed by atoms with Crippen molar-refractivity contribution in [3.05, 3.63) is 192 Å². The van der Waals surface area contributed by atoms with Crippen molar-refractivity contribution >= 4 is 43.6 Å². The second-order valence-corrected chi connectivity index (χ2v) is 15.0. The van der Waals surface area contributed by atoms with Crippen molar-refractivity contribution in [3.8, 4) is 50.8 Å². The molecule has 8 aromatic carbocycles. The average Bonchev–Trinajstić information content (AvgIpc) is 3.75. The maximum Gasteiger partial charge on any atom is 0.416 e. The van der Waals surface area contributed by atoms with E-state index in [2.05, 4.69) is 80.6 Å². The Morgan fingerprint density at radius 1 is 0.431 bits per heavy atom. The molecule has 0 radical (unpaired) electrons. The molecule has 278 valence electrons. The van der Waals surface area contributed by atoms with Crippen LogP contribution in [0, 0.1) is 25.2 Å². The van der Waals surface area contributed by atoms with Gasteiger partial charge in [-0.25, -0.2) is 0 Å². The number of aryl methyl sites for hydroxylation is 2. The number of nitriles is 1. The van der Waals surface area contributed by atoms with E-state index in [9.17, 15) is 5.26 Å². The Morgan fingerprint density at radius 2 is 0.879 bits per heavy atom. The minimum atomic E-state index is -4.68. The maximum atomic E-state index is 15.4. The van der Waals surface area contributed by atoms with Crippen molar-refractivity contribution in [3.63, 3.8) is 0 Å². The summed E-state index contributed by atoms with van der Waals surface area (Å²) in [5.41, 5.74) is 11.1. The van der Waals surface area contributed by atoms with Crippen LogP contribution in [0.2, 0.25) is 0 Å². The number of benzene rings is 8. The zero-order valence-corrected chi connectivity index (χ0v) is 31.6. The van der Waals surface area contributed by atoms with Gasteiger partial charge in [0, 0.05) is 27.1 Å². The highest BCUT2D eigenvalue weighted by molar-refractivity contribution is 6.13. The quantitative estimate of drug-likeness (QED) is 0.172. The molecule has 0 saturated carbocycles. The second kappa shape index (κ2) is 13.4. The van der Waals surface area contributed by atoms with E-state index in [1.54, 1.807) is 18.2 Å². The Balaban J connectivity index is 1.34. The number of fused-ring (bicyclic) bond motifs is 6. The lowest BCUT2D eigenvalue weighted by molar-refractivity contribution is -0.137. The fourth-order valence-corrected chi connectivity index (χ4v) is 8.48. The summed E-state index contributed by atoms with van der Waals surface area (Å²) >= 11 is 0. The van der Waals surface area contributed by atoms with Crippen molar-refractivity contribution < 1.29 is 13.2 Å². The molecular formula is C52H34F3N3. The van der Waals surface area contributed by atoms with E-state index in [0.717, 1.165) is 77.0 Å². The second-order valence-electron chi connectivity index (χ2n) is 15.0. The first-order chi connectivity index (χ1) is 28.2. The molecule has 0 amide bonds. The molecule has 0 fully saturated rings. The molecular weight excluding hydrogens is 724 g/mol. The molecule has 3 nitrogen and oxygen atoms in total. The van der Waals surface area contributed by atoms with Crippen molar-refractivity contribution in [2.45, 2.75) is 20.0 Å². The molecule has 0 atom stereocenters. The first kappa shape index (κ1) is 35.1. The molecule has 10 aromatic rings. The van der Waals surface area contributed by atoms with Gasteiger partial charge in [0.05, 0.1) is 50.6 Å². The van der Waals surface area contributed by atoms with E-state index in [4.69, 9.17) is 0 Å². The third kappa shape index (κ3) is 5.74. The van der Waals surface area contributed by atoms with Crippen LogP contribution in [0.1, 0.15) is 22.3 Å². The standard InChI is InChI=1S/C52H34F3N3/c1-32-14-18-35(19-15-32)37-22-24-47-43(27-37)41-10-3-5-12-45(41)57(47)49-29-40(52(53,54)55)30-50(51(49)39-9-7-8-34(26-39)31-56)58-46-13-6-4-11-42(46)44-28-38(23-25-48(44)58)36-20-16-33(2)17-21-36/h3-30H,1-2H3. The van der Waals surface area contributed by atoms with Crippen molar-refractivity contribution in [2.75, 3.05) is 0 Å². The summed E-state index contributed by atoms with van der Waals surface area (Å²) in [6.07, 6.45) is -4.68. The molecule has 0 saturated heterocycles. The van der Waals surface area contributed by atoms with E-state index in [-0.39, 0.29) is 0 Å². The van der Waals surface area contributed by atoms with Gasteiger partial charge in [-0.1, -0.05) is 120 Å². The molecule has 58 heavy (non-hydrogen) atoms. The minimum absolute atomic E-state index is 0.358. The van der Waals surface area contributed by atoms with Crippen LogP contribution < -0.4 is 0 Å². The minimum Gasteiger partial charge on any atom is -0.309 e. The first-order valence-corrected chi connectivity index (χ1v) is 19.1. The summed E-state index contributed by atoms with van der Waals surface area (Å²) in [5.74, 6) is 0. The molecule has 0 N–H and O–H groups in total. The fraction of sp³-hybridized carbons (Fsp3) is 0.0577. The summed E-state index contributed by atoms with van der Waals surface area (Å²) < 4.78 is 50.2. The van der Waals surface area contributed by atoms with Gasteiger partial charge < -0.3 is 9.13 Å². The fourth-order valence-electron chi connectivity index (χ4n) is 8.48. The number of aromatic nitrogens is 2. The van der Waals surface area contributed by atoms with E-state index < -0.39 is 11.7 Å². The van der Waals surface area contributed by atoms with Crippen LogP contribution in [0.15, 0.2) is 170 Å². The number of para-hydroxylation sites is 2. The Kier molecular flexibility index (Phi) is 8.10. The predicted molar refractivity (Wildman–Crippen MR) is 231 cm³/mol. The molecule has 0 aliphatic carbocycles. The lowest BCUT2D eigenvalue weighted by Crippen LogP contribution is -2.11. The predicted octanol–water partition coefficient (Wildman–Crippen LogP) is 14.4. The number of rotatable bonds is 5. The summed E-state index contributed by atoms with van der Waals surface area (Å²) in [4.78, 5) is 0. The number of alkyl halides is 3. The van der Waals surface area contributed by atoms with Gasteiger partial charge in [0.2, 0.25) is 0 Å². The molecule has 0 aliphatic heterocycles. The molecule has 0 spiro atoms. The van der Waals surface area contributed by atoms with Crippen LogP contribution >= 0.6 is 0 Å². The molecule has 2 aromatic heterocycles. The third-order valence-corrected chi connectivity index (χ3v) is 11.3. The van der Waals surface area contributed by atoms with Gasteiger partial charge in [0.1, 0.15) is 0 Å². The topological polar surface area (TPSA) is 33.6 Å². The van der Waals surface area contributed by atoms with Crippen molar-refractivity contribution in [2.24, 2.45) is 0 Å². The molecule has 2 heterocycles. The molecule has 6 heteroatoms. The maximum absolute atomic E-state index is 15.4. The first-order valence-electron chi connectivity index (χ1n) is 19.1. The molecule has 10 rings (SSSR count). The van der Waals surface area contributed by atoms with Crippen LogP contribution in [0.25, 0.3) is 88.4 Å². The normalized spacial score (nSPS) is 11.9. The highest BCUT2D eigenvalue weighted by Gasteiger charge is 2.34. The number of nitrogens with zero attached hydrogens (tertiary/aromatic N) is 3. The largest absolute Gasteiger partial charge is 0.416 e. The highest BCUT2D eigenvalue weighted by Crippen LogP contribution is 2.46. The smallest absolute Gasteiger partial charge is 0.309 e. The highest BCUT2D eigenvalue weighted by atomic mass is 19.4. The summed E-state index contributed by atoms with van der Waals surface area (Å²) in [7, 11) is 0. The van der Waals surface area contributed by atoms with Crippen LogP contribution in [0.5, 0.6) is 0 Å². The Bertz CT molecular complexity index is 3100. The van der Waals surface area contributed by atoms with Gasteiger partial charge in [-0.3, -0.25) is 0 Å². The number of hydrogen-bond acceptors (Lipinski definition) is 1. The third-order valence-electron chi connectivity index (χ3n) is 11.3. The molecule has 0 bridgehead atoms. The van der Waals surface area contributed by atoms with Gasteiger partial charge in [-0.2, -0.15) is 18.4 Å². The number of halogens is 3. The van der Waals surface area contributed by atoms with Gasteiger partial charge in [0.15, 0.2) is 0 Å². The Morgan fingerprint density at radius 3 is 1.34 bits per heavy atom. The van der Waals surface area contributed by atoms with E-state index in [1.807, 2.05) is 88.0 Å². The van der Waals surface area contributed by atoms with Crippen LogP contribution in [-0.2, 0) is 6.18 Å². The Hall–Kier alpha value is -7.36. The average molecular weight is 758 g/mol. The molecule has 0 aliphatic rings. The van der Waals surface area contributed by atoms with Gasteiger partial charge in [-0.05, 0) is 102 Å². The SMILES string of the molecule is Cc1ccc(-c2ccc3c(c2)c2ccccc2n3-c2cc(C(F)(F)F)cc(-n3c4ccccc4c4cc(-c5ccc(C)cc5)ccc43)c2-c2cccc(C#N)c2)cc1. The molecule has 0 unspecified atom stereocenters. The lowest BCUT2D eigenvalue weighted by Gasteiger charge is -2.23. The lowest BCUT2D eigenvalue weighted by atomic mass is 9.96. The van der Waals surface area contributed by atoms with E-state index >= 15 is 13.2 Å². The van der Waals surface area contributed by atoms with Gasteiger partial charge in [0.25, 0.3) is 0 Å². The van der Waals surface area contributed by atoms with E-state index in [1.165, 1.54) is 12.1 Å². The zero-order chi connectivity index (χ0) is 39.7. The van der Waals surface area contributed by atoms with Gasteiger partial charge in [-0.15, -0.1) is 0 Å². The monoisotopic (exact) mass is 757 g/mol. The summed E-state index contributed by atoms with van der Waals surface area (Å²) in [5, 5.41) is 13.8. The van der Waals surface area contributed by atoms with Crippen LogP contribution in [0.4, 0.5) is 13.2 Å². The van der Waals surface area contributed by atoms with Crippen LogP contribution in [-0.4, -0.2) is 9.13 Å². The van der Waals surface area contributed by atoms with E-state index in [0.29, 0.717) is 28.1 Å². The van der Waals surface area contributed by atoms with Gasteiger partial charge >= 0.3 is 6.18 Å². The van der Waals surface area contributed by atoms with Crippen molar-refractivity contribution in [1.29, 1.82) is 5.26 Å². The summed E-state index contributed by atoms with van der Waals surface area (Å²) in [6, 6.07) is 56.7. The summed E-state index contributed by atoms with van der Waals surface area (Å²) in [6.45, 7) is 4.10. The van der Waals surface area contributed by atoms with Crippen molar-refractivity contribution in [1.82, 2.24) is 9.13 Å². The Labute approximate surface area is 333 Å². The van der Waals surface area contributed by atoms with Crippen LogP contribution in [0.3, 0.4) is 0 Å².